The number of rotatable bonds is 4. The van der Waals surface area contributed by atoms with E-state index in [1.165, 1.54) is 0 Å². The number of carboxylic acid groups (broad SMARTS) is 1. The van der Waals surface area contributed by atoms with E-state index in [0.717, 1.165) is 0 Å². The first-order valence-electron chi connectivity index (χ1n) is 4.37. The van der Waals surface area contributed by atoms with Crippen LogP contribution in [0.15, 0.2) is 0 Å². The Hall–Kier alpha value is -1.10. The van der Waals surface area contributed by atoms with Crippen molar-refractivity contribution in [2.24, 2.45) is 5.73 Å². The van der Waals surface area contributed by atoms with E-state index in [-0.39, 0.29) is 12.0 Å². The minimum absolute atomic E-state index is 0.191. The van der Waals surface area contributed by atoms with Crippen LogP contribution in [0.5, 0.6) is 0 Å². The predicted molar refractivity (Wildman–Crippen MR) is 52.8 cm³/mol. The number of hydrogen-bond donors (Lipinski definition) is 2. The van der Waals surface area contributed by atoms with E-state index >= 15 is 0 Å². The fraction of sp³-hybridized carbons (Fsp3) is 0.778. The molecule has 0 rings (SSSR count). The number of hydrogen-bond acceptors (Lipinski definition) is 4. The third-order valence-electron chi connectivity index (χ3n) is 0.996. The van der Waals surface area contributed by atoms with Gasteiger partial charge in [-0.3, -0.25) is 9.59 Å². The van der Waals surface area contributed by atoms with Crippen LogP contribution in [0.3, 0.4) is 0 Å². The van der Waals surface area contributed by atoms with Crippen molar-refractivity contribution < 1.29 is 19.4 Å². The summed E-state index contributed by atoms with van der Waals surface area (Å²) in [6.45, 7) is 6.39. The van der Waals surface area contributed by atoms with Crippen LogP contribution in [0.1, 0.15) is 33.6 Å². The summed E-state index contributed by atoms with van der Waals surface area (Å²) in [5.41, 5.74) is 4.70. The second-order valence-corrected chi connectivity index (χ2v) is 3.61. The second kappa shape index (κ2) is 8.50. The zero-order chi connectivity index (χ0) is 11.6. The molecular weight excluding hydrogens is 186 g/mol. The summed E-state index contributed by atoms with van der Waals surface area (Å²) >= 11 is 0. The molecule has 0 saturated heterocycles. The normalized spacial score (nSPS) is 9.71. The predicted octanol–water partition coefficient (Wildman–Crippen LogP) is 0.768. The molecule has 0 heterocycles. The fourth-order valence-electron chi connectivity index (χ4n) is 0.398. The Morgan fingerprint density at radius 3 is 2.07 bits per heavy atom. The van der Waals surface area contributed by atoms with Crippen LogP contribution in [0, 0.1) is 0 Å². The van der Waals surface area contributed by atoms with Gasteiger partial charge in [0, 0.05) is 6.42 Å². The maximum atomic E-state index is 9.70. The van der Waals surface area contributed by atoms with Gasteiger partial charge < -0.3 is 15.6 Å². The highest BCUT2D eigenvalue weighted by Crippen LogP contribution is 2.02. The molecular formula is C9H19NO4. The van der Waals surface area contributed by atoms with Crippen molar-refractivity contribution in [1.29, 1.82) is 0 Å². The summed E-state index contributed by atoms with van der Waals surface area (Å²) in [6, 6.07) is 0. The van der Waals surface area contributed by atoms with Gasteiger partial charge in [0.15, 0.2) is 0 Å². The molecule has 0 saturated carbocycles. The number of ether oxygens (including phenoxy) is 1. The van der Waals surface area contributed by atoms with Crippen molar-refractivity contribution in [1.82, 2.24) is 0 Å². The average molecular weight is 205 g/mol. The molecule has 14 heavy (non-hydrogen) atoms. The highest BCUT2D eigenvalue weighted by atomic mass is 16.5. The monoisotopic (exact) mass is 205 g/mol. The molecule has 0 bridgehead atoms. The molecule has 0 amide bonds. The van der Waals surface area contributed by atoms with E-state index in [9.17, 15) is 9.59 Å². The van der Waals surface area contributed by atoms with Crippen LogP contribution in [0.4, 0.5) is 0 Å². The molecule has 0 fully saturated rings. The Morgan fingerprint density at radius 2 is 2.00 bits per heavy atom. The van der Waals surface area contributed by atoms with Crippen LogP contribution in [-0.2, 0) is 14.3 Å². The Bertz CT molecular complexity index is 163. The van der Waals surface area contributed by atoms with Gasteiger partial charge in [-0.1, -0.05) is 0 Å². The minimum atomic E-state index is -0.773. The molecule has 0 atom stereocenters. The van der Waals surface area contributed by atoms with Crippen LogP contribution >= 0.6 is 0 Å². The largest absolute Gasteiger partial charge is 0.481 e. The van der Waals surface area contributed by atoms with Crippen LogP contribution in [0.2, 0.25) is 0 Å². The quantitative estimate of drug-likeness (QED) is 0.661. The molecule has 0 aliphatic carbocycles. The van der Waals surface area contributed by atoms with Crippen molar-refractivity contribution in [2.45, 2.75) is 39.2 Å². The summed E-state index contributed by atoms with van der Waals surface area (Å²) in [5, 5.41) is 7.99. The second-order valence-electron chi connectivity index (χ2n) is 3.61. The Morgan fingerprint density at radius 1 is 1.50 bits per heavy atom. The average Bonchev–Trinajstić information content (AvgIpc) is 1.99. The minimum Gasteiger partial charge on any atom is -0.481 e. The molecule has 0 spiro atoms. The van der Waals surface area contributed by atoms with Crippen molar-refractivity contribution >= 4 is 12.4 Å². The van der Waals surface area contributed by atoms with Gasteiger partial charge in [0.1, 0.15) is 5.60 Å². The maximum absolute atomic E-state index is 9.70. The Balaban J connectivity index is 0. The number of carboxylic acids is 1. The topological polar surface area (TPSA) is 89.6 Å². The molecule has 0 aromatic rings. The highest BCUT2D eigenvalue weighted by Gasteiger charge is 2.07. The van der Waals surface area contributed by atoms with E-state index < -0.39 is 5.97 Å². The van der Waals surface area contributed by atoms with E-state index in [1.54, 1.807) is 0 Å². The van der Waals surface area contributed by atoms with Crippen molar-refractivity contribution in [3.63, 3.8) is 0 Å². The summed E-state index contributed by atoms with van der Waals surface area (Å²) in [7, 11) is 0. The van der Waals surface area contributed by atoms with Crippen molar-refractivity contribution in [2.75, 3.05) is 6.54 Å². The number of aliphatic carboxylic acids is 1. The molecule has 0 aliphatic heterocycles. The molecule has 0 aliphatic rings. The van der Waals surface area contributed by atoms with Gasteiger partial charge in [-0.2, -0.15) is 0 Å². The highest BCUT2D eigenvalue weighted by molar-refractivity contribution is 5.66. The molecule has 5 nitrogen and oxygen atoms in total. The van der Waals surface area contributed by atoms with Gasteiger partial charge in [-0.15, -0.1) is 0 Å². The number of carbonyl (C=O) groups excluding carboxylic acids is 1. The lowest BCUT2D eigenvalue weighted by atomic mass is 10.2. The van der Waals surface area contributed by atoms with E-state index in [2.05, 4.69) is 4.74 Å². The first-order valence-corrected chi connectivity index (χ1v) is 4.37. The third-order valence-corrected chi connectivity index (χ3v) is 0.996. The fourth-order valence-corrected chi connectivity index (χ4v) is 0.398. The van der Waals surface area contributed by atoms with Crippen molar-refractivity contribution in [3.8, 4) is 0 Å². The molecule has 3 N–H and O–H groups in total. The Labute approximate surface area is 84.2 Å². The zero-order valence-corrected chi connectivity index (χ0v) is 8.95. The first kappa shape index (κ1) is 15.4. The Kier molecular flexibility index (Phi) is 9.33. The molecule has 84 valence electrons. The van der Waals surface area contributed by atoms with Crippen LogP contribution in [-0.4, -0.2) is 29.7 Å². The lowest BCUT2D eigenvalue weighted by molar-refractivity contribution is -0.139. The van der Waals surface area contributed by atoms with Gasteiger partial charge in [-0.25, -0.2) is 0 Å². The summed E-state index contributed by atoms with van der Waals surface area (Å²) in [6.07, 6.45) is 0.770. The van der Waals surface area contributed by atoms with E-state index in [4.69, 9.17) is 10.8 Å². The summed E-state index contributed by atoms with van der Waals surface area (Å²) in [5.74, 6) is -0.773. The lowest BCUT2D eigenvalue weighted by Crippen LogP contribution is -2.17. The molecule has 0 aromatic heterocycles. The molecule has 0 unspecified atom stereocenters. The smallest absolute Gasteiger partial charge is 0.303 e. The molecule has 0 radical (unpaired) electrons. The number of carbonyl (C=O) groups is 2. The standard InChI is InChI=1S/C5H10O2.C4H9NO2/c1-5(2,3)7-4-6;5-3-1-2-4(6)7/h4H,1-3H3;1-3,5H2,(H,6,7). The summed E-state index contributed by atoms with van der Waals surface area (Å²) in [4.78, 5) is 19.3. The third kappa shape index (κ3) is 22.4. The van der Waals surface area contributed by atoms with Crippen molar-refractivity contribution in [3.05, 3.63) is 0 Å². The number of nitrogens with two attached hydrogens (primary N) is 1. The van der Waals surface area contributed by atoms with Crippen LogP contribution < -0.4 is 5.73 Å². The van der Waals surface area contributed by atoms with E-state index in [0.29, 0.717) is 19.4 Å². The first-order chi connectivity index (χ1) is 6.33. The maximum Gasteiger partial charge on any atom is 0.303 e. The molecule has 0 aromatic carbocycles. The summed E-state index contributed by atoms with van der Waals surface area (Å²) < 4.78 is 4.55. The van der Waals surface area contributed by atoms with Gasteiger partial charge >= 0.3 is 5.97 Å². The van der Waals surface area contributed by atoms with Crippen LogP contribution in [0.25, 0.3) is 0 Å². The zero-order valence-electron chi connectivity index (χ0n) is 8.95. The molecule has 5 heteroatoms. The van der Waals surface area contributed by atoms with Gasteiger partial charge in [-0.05, 0) is 33.7 Å². The van der Waals surface area contributed by atoms with E-state index in [1.807, 2.05) is 20.8 Å². The lowest BCUT2D eigenvalue weighted by Gasteiger charge is -2.14. The van der Waals surface area contributed by atoms with Gasteiger partial charge in [0.2, 0.25) is 0 Å². The van der Waals surface area contributed by atoms with Gasteiger partial charge in [0.05, 0.1) is 0 Å². The SMILES string of the molecule is CC(C)(C)OC=O.NCCCC(=O)O. The van der Waals surface area contributed by atoms with Gasteiger partial charge in [0.25, 0.3) is 6.47 Å².